The van der Waals surface area contributed by atoms with E-state index in [2.05, 4.69) is 75.1 Å². The Kier molecular flexibility index (Phi) is 30.0. The number of carbonyl (C=O) groups is 4. The number of nitrogens with one attached hydrogen (secondary N) is 8. The van der Waals surface area contributed by atoms with E-state index >= 15 is 0 Å². The number of aliphatic hydroxyl groups excluding tert-OH is 4. The van der Waals surface area contributed by atoms with Crippen LogP contribution in [0.5, 0.6) is 0 Å². The van der Waals surface area contributed by atoms with Gasteiger partial charge in [0.25, 0.3) is 0 Å². The lowest BCUT2D eigenvalue weighted by atomic mass is 9.65. The number of ketones is 4. The van der Waals surface area contributed by atoms with Crippen LogP contribution >= 0.6 is 57.6 Å². The highest BCUT2D eigenvalue weighted by molar-refractivity contribution is 9.10. The highest BCUT2D eigenvalue weighted by Gasteiger charge is 2.54. The van der Waals surface area contributed by atoms with Crippen molar-refractivity contribution in [2.75, 3.05) is 65.2 Å². The summed E-state index contributed by atoms with van der Waals surface area (Å²) in [6.07, 6.45) is 6.28. The fourth-order valence-electron chi connectivity index (χ4n) is 18.8. The maximum atomic E-state index is 14.2. The number of anilines is 8. The average Bonchev–Trinajstić information content (AvgIpc) is 0.730. The van der Waals surface area contributed by atoms with Gasteiger partial charge in [0.15, 0.2) is 23.1 Å². The van der Waals surface area contributed by atoms with E-state index < -0.39 is 150 Å². The van der Waals surface area contributed by atoms with Gasteiger partial charge in [-0.3, -0.25) is 56.3 Å². The van der Waals surface area contributed by atoms with Crippen LogP contribution in [0.3, 0.4) is 0 Å². The third-order valence-corrected chi connectivity index (χ3v) is 35.1. The van der Waals surface area contributed by atoms with E-state index in [0.29, 0.717) is 71.0 Å². The SMILES string of the molecule is CC(C)(C)CCC1(C)C(=O)C(C2=NP(=O)(O)c3cc(NS(C)(=O)=O)ccc3N2)=C(O)c2cc(F)ccc21.CC(C)CCC1(C)C(=O)C(C2=NP(=O)(O)c3cc(NS(C)(=O)=O)ccc3N2)=C(O)c2cc(F)ccc21.CC1(Cc2ccc(F)c(Cl)c2)C(=O)C(C2=NP(=O)(O)c3cc(NS(C)(=O)=O)ccc3N2)=C(O)c2ccccc21.CC1(Cc2cccc(Br)c2)C(=O)C(C2=NP(=O)(O)c3cc(NS(C)(=O)=O)ccc3N2)=C(O)c2ccccc21. The van der Waals surface area contributed by atoms with E-state index in [-0.39, 0.29) is 152 Å². The fraction of sp³-hybridized carbons (Fsp3) is 0.248. The molecule has 0 saturated heterocycles. The molecule has 16 N–H and O–H groups in total. The highest BCUT2D eigenvalue weighted by Crippen LogP contribution is 2.57. The van der Waals surface area contributed by atoms with Gasteiger partial charge >= 0.3 is 30.1 Å². The highest BCUT2D eigenvalue weighted by atomic mass is 79.9. The third kappa shape index (κ3) is 23.0. The molecule has 10 aromatic carbocycles. The number of aliphatic hydroxyl groups is 4. The molecule has 0 aromatic heterocycles. The lowest BCUT2D eigenvalue weighted by molar-refractivity contribution is -0.121. The van der Waals surface area contributed by atoms with Crippen molar-refractivity contribution in [1.29, 1.82) is 0 Å². The van der Waals surface area contributed by atoms with Gasteiger partial charge in [-0.05, 0) is 232 Å². The number of carbonyl (C=O) groups excluding carboxylic acids is 4. The number of fused-ring (bicyclic) bond motifs is 8. The molecule has 10 aromatic rings. The van der Waals surface area contributed by atoms with Crippen molar-refractivity contribution in [3.05, 3.63) is 305 Å². The molecule has 150 heavy (non-hydrogen) atoms. The monoisotopic (exact) mass is 2290 g/mol. The number of Topliss-reactive ketones (excluding diaryl/α,β-unsaturated/α-hetero) is 4. The minimum atomic E-state index is -4.52. The van der Waals surface area contributed by atoms with E-state index in [1.807, 2.05) is 58.9 Å². The molecule has 8 unspecified atom stereocenters. The van der Waals surface area contributed by atoms with Crippen LogP contribution in [0.15, 0.2) is 246 Å². The van der Waals surface area contributed by atoms with Crippen LogP contribution in [0.1, 0.15) is 144 Å². The Morgan fingerprint density at radius 1 is 0.387 bits per heavy atom. The topological polar surface area (TPSA) is 581 Å². The second kappa shape index (κ2) is 40.4. The zero-order valence-corrected chi connectivity index (χ0v) is 91.3. The van der Waals surface area contributed by atoms with E-state index in [9.17, 15) is 124 Å². The maximum Gasteiger partial charge on any atom is 0.346 e. The standard InChI is InChI=1S/C26H23BrN3O6PS.C26H22ClFN3O6PS.C25H29FN3O6PS.C24H27FN3O6PS/c1-26(14-15-6-5-7-16(27)12-15)19-9-4-3-8-18(19)23(31)22(24(26)32)25-28-20-11-10-17(30-38(2,35)36)13-21(20)37(33,34)29-25;1-26(13-14-7-9-19(28)18(27)11-14)17-6-4-3-5-16(17)23(32)22(24(26)33)25-29-20-10-8-15(31-39(2,36)37)12-21(20)38(34,35)30-25;1-24(2,3)10-11-25(4)17-8-6-14(26)12-16(17)21(30)20(22(25)31)23-27-18-9-7-15(29-37(5,34)35)13-19(18)36(32,33)28-23;1-13(2)9-10-24(3)17-7-5-14(25)11-16(17)21(29)20(22(24)30)23-26-18-8-6-15(28-36(4,33)34)12-19(18)35(31,32)27-23/h3-13,30-31H,14H2,1-2H3,(H2,28,29,33,34);3-12,31-32H,13H2,1-2H3,(H2,29,30,34,35);6-9,12-13,29-30H,10-11H2,1-5H3,(H2,27,28,32,33);5-8,11-13,28-29H,9-10H2,1-4H3,(H2,26,27,31,32). The number of nitrogens with zero attached hydrogens (tertiary/aromatic N) is 4. The number of sulfonamides is 4. The van der Waals surface area contributed by atoms with Gasteiger partial charge in [0.05, 0.1) is 95.7 Å². The van der Waals surface area contributed by atoms with Crippen molar-refractivity contribution in [2.24, 2.45) is 30.4 Å². The molecule has 8 atom stereocenters. The second-order valence-corrected chi connectivity index (χ2v) is 55.0. The molecule has 0 saturated carbocycles. The Morgan fingerprint density at radius 3 is 0.993 bits per heavy atom. The molecular weight excluding hydrogens is 2190 g/mol. The van der Waals surface area contributed by atoms with Crippen LogP contribution in [0.25, 0.3) is 23.0 Å². The van der Waals surface area contributed by atoms with Gasteiger partial charge in [-0.2, -0.15) is 19.1 Å². The Bertz CT molecular complexity index is 8520. The van der Waals surface area contributed by atoms with Gasteiger partial charge in [-0.25, -0.2) is 46.8 Å². The quantitative estimate of drug-likeness (QED) is 0.0297. The zero-order chi connectivity index (χ0) is 110. The maximum absolute atomic E-state index is 14.2. The van der Waals surface area contributed by atoms with E-state index in [0.717, 1.165) is 47.2 Å². The molecule has 0 spiro atoms. The number of hydrogen-bond donors (Lipinski definition) is 16. The molecule has 0 radical (unpaired) electrons. The summed E-state index contributed by atoms with van der Waals surface area (Å²) in [5, 5.41) is 55.4. The first-order valence-corrected chi connectivity index (χ1v) is 60.9. The number of amidine groups is 4. The van der Waals surface area contributed by atoms with E-state index in [4.69, 9.17) is 11.6 Å². The summed E-state index contributed by atoms with van der Waals surface area (Å²) in [5.74, 6) is -6.64. The lowest BCUT2D eigenvalue weighted by Crippen LogP contribution is -2.43. The van der Waals surface area contributed by atoms with Crippen molar-refractivity contribution >= 4 is 234 Å². The van der Waals surface area contributed by atoms with Crippen LogP contribution < -0.4 is 61.4 Å². The Labute approximate surface area is 875 Å². The molecule has 0 fully saturated rings. The first kappa shape index (κ1) is 111. The molecule has 4 aliphatic heterocycles. The van der Waals surface area contributed by atoms with Gasteiger partial charge in [0.2, 0.25) is 40.1 Å². The molecule has 4 heterocycles. The van der Waals surface area contributed by atoms with E-state index in [1.54, 1.807) is 76.2 Å². The van der Waals surface area contributed by atoms with Crippen LogP contribution in [0.2, 0.25) is 5.02 Å². The lowest BCUT2D eigenvalue weighted by Gasteiger charge is -2.38. The molecule has 8 aliphatic rings. The van der Waals surface area contributed by atoms with Crippen molar-refractivity contribution in [3.8, 4) is 0 Å². The van der Waals surface area contributed by atoms with Crippen molar-refractivity contribution in [3.63, 3.8) is 0 Å². The van der Waals surface area contributed by atoms with Crippen LogP contribution in [-0.4, -0.2) is 145 Å². The number of hydrogen-bond acceptors (Lipinski definition) is 24. The molecule has 18 rings (SSSR count). The zero-order valence-electron chi connectivity index (χ0n) is 82.1. The molecular formula is C101H101BrClF3N12O24P4S4. The third-order valence-electron chi connectivity index (χ3n) is 26.0. The Morgan fingerprint density at radius 2 is 0.687 bits per heavy atom. The summed E-state index contributed by atoms with van der Waals surface area (Å²) in [4.78, 5) is 99.3. The Hall–Kier alpha value is -12.8. The predicted molar refractivity (Wildman–Crippen MR) is 581 cm³/mol. The normalized spacial score (nSPS) is 23.1. The van der Waals surface area contributed by atoms with Gasteiger partial charge < -0.3 is 61.3 Å². The summed E-state index contributed by atoms with van der Waals surface area (Å²) in [7, 11) is -32.5. The second-order valence-electron chi connectivity index (χ2n) is 39.6. The smallest absolute Gasteiger partial charge is 0.346 e. The number of halogens is 5. The molecule has 788 valence electrons. The fourth-order valence-corrected chi connectivity index (χ4v) is 26.8. The Balaban J connectivity index is 0.000000149. The minimum Gasteiger partial charge on any atom is -0.506 e. The first-order chi connectivity index (χ1) is 69.5. The summed E-state index contributed by atoms with van der Waals surface area (Å²) in [6, 6.07) is 49.0. The average molecular weight is 2290 g/mol. The molecule has 0 bridgehead atoms. The largest absolute Gasteiger partial charge is 0.506 e. The van der Waals surface area contributed by atoms with Gasteiger partial charge in [0.1, 0.15) is 86.1 Å². The van der Waals surface area contributed by atoms with Crippen LogP contribution in [-0.2, 0) is 112 Å². The molecule has 49 heteroatoms. The molecule has 36 nitrogen and oxygen atoms in total. The molecule has 0 amide bonds. The summed E-state index contributed by atoms with van der Waals surface area (Å²) in [6.45, 7) is 17.0. The van der Waals surface area contributed by atoms with Crippen molar-refractivity contribution in [2.45, 2.75) is 122 Å². The minimum absolute atomic E-state index is 0.0567. The van der Waals surface area contributed by atoms with Gasteiger partial charge in [-0.1, -0.05) is 141 Å². The summed E-state index contributed by atoms with van der Waals surface area (Å²) < 4.78 is 213. The van der Waals surface area contributed by atoms with Crippen LogP contribution in [0, 0.1) is 28.8 Å². The van der Waals surface area contributed by atoms with Crippen LogP contribution in [0.4, 0.5) is 58.7 Å². The van der Waals surface area contributed by atoms with E-state index in [1.165, 1.54) is 115 Å². The summed E-state index contributed by atoms with van der Waals surface area (Å²) >= 11 is 9.44. The van der Waals surface area contributed by atoms with Crippen molar-refractivity contribution < 1.29 is 124 Å². The van der Waals surface area contributed by atoms with Gasteiger partial charge in [-0.15, -0.1) is 0 Å². The van der Waals surface area contributed by atoms with Crippen molar-refractivity contribution in [1.82, 2.24) is 0 Å². The number of rotatable bonds is 21. The van der Waals surface area contributed by atoms with Gasteiger partial charge in [0, 0.05) is 49.5 Å². The first-order valence-electron chi connectivity index (χ1n) is 45.7. The summed E-state index contributed by atoms with van der Waals surface area (Å²) in [5.41, 5.74) is -0.632. The molecule has 4 aliphatic carbocycles. The predicted octanol–water partition coefficient (Wildman–Crippen LogP) is 17.6. The number of benzene rings is 10.